The van der Waals surface area contributed by atoms with E-state index in [-0.39, 0.29) is 36.8 Å². The van der Waals surface area contributed by atoms with Crippen LogP contribution in [-0.4, -0.2) is 77.6 Å². The number of hydrogen-bond acceptors (Lipinski definition) is 8. The Kier molecular flexibility index (Phi) is 10.6. The second-order valence-corrected chi connectivity index (χ2v) is 11.9. The van der Waals surface area contributed by atoms with E-state index in [0.717, 1.165) is 60.7 Å². The topological polar surface area (TPSA) is 128 Å². The summed E-state index contributed by atoms with van der Waals surface area (Å²) in [5.74, 6) is 2.13. The normalized spacial score (nSPS) is 18.3. The summed E-state index contributed by atoms with van der Waals surface area (Å²) in [5, 5.41) is 12.2. The number of ether oxygens (including phenoxy) is 2. The van der Waals surface area contributed by atoms with Crippen molar-refractivity contribution in [3.63, 3.8) is 0 Å². The van der Waals surface area contributed by atoms with E-state index >= 15 is 0 Å². The molecule has 3 fully saturated rings. The highest BCUT2D eigenvalue weighted by Crippen LogP contribution is 2.35. The smallest absolute Gasteiger partial charge is 0.290 e. The van der Waals surface area contributed by atoms with Crippen LogP contribution in [0.25, 0.3) is 10.9 Å². The minimum Gasteiger partial charge on any atom is -0.497 e. The fraction of sp³-hybridized carbons (Fsp3) is 0.361. The van der Waals surface area contributed by atoms with Crippen LogP contribution < -0.4 is 9.47 Å². The van der Waals surface area contributed by atoms with Crippen LogP contribution >= 0.6 is 0 Å². The highest BCUT2D eigenvalue weighted by molar-refractivity contribution is 6.08. The van der Waals surface area contributed by atoms with Crippen molar-refractivity contribution in [2.75, 3.05) is 33.9 Å². The largest absolute Gasteiger partial charge is 0.497 e. The van der Waals surface area contributed by atoms with E-state index in [1.54, 1.807) is 14.2 Å². The van der Waals surface area contributed by atoms with E-state index in [2.05, 4.69) is 10.00 Å². The highest BCUT2D eigenvalue weighted by Gasteiger charge is 2.36. The first-order valence-electron chi connectivity index (χ1n) is 15.5. The van der Waals surface area contributed by atoms with Gasteiger partial charge in [0.15, 0.2) is 5.78 Å². The molecule has 4 aromatic rings. The Bertz CT molecular complexity index is 1690. The van der Waals surface area contributed by atoms with Crippen molar-refractivity contribution in [1.82, 2.24) is 14.7 Å². The van der Waals surface area contributed by atoms with Crippen molar-refractivity contribution in [2.45, 2.75) is 38.5 Å². The molecule has 4 heterocycles. The molecular weight excluding hydrogens is 586 g/mol. The van der Waals surface area contributed by atoms with Crippen molar-refractivity contribution in [3.8, 4) is 11.5 Å². The predicted molar refractivity (Wildman–Crippen MR) is 173 cm³/mol. The Hall–Kier alpha value is -4.83. The first-order valence-corrected chi connectivity index (χ1v) is 15.5. The van der Waals surface area contributed by atoms with Crippen LogP contribution in [0.15, 0.2) is 66.7 Å². The molecule has 10 nitrogen and oxygen atoms in total. The number of methoxy groups -OCH3 is 2. The molecule has 3 aliphatic rings. The Balaban J connectivity index is 0.00000134. The number of Topliss-reactive ketones (excluding diaryl/α,β-unsaturated/α-hetero) is 2. The zero-order valence-corrected chi connectivity index (χ0v) is 26.2. The van der Waals surface area contributed by atoms with Crippen LogP contribution in [0.1, 0.15) is 51.2 Å². The lowest BCUT2D eigenvalue weighted by atomic mass is 9.76. The number of hydrogen-bond donors (Lipinski definition) is 1. The Labute approximate surface area is 267 Å². The van der Waals surface area contributed by atoms with E-state index in [9.17, 15) is 14.4 Å². The van der Waals surface area contributed by atoms with Crippen LogP contribution in [0.2, 0.25) is 0 Å². The van der Waals surface area contributed by atoms with Gasteiger partial charge >= 0.3 is 0 Å². The fourth-order valence-electron chi connectivity index (χ4n) is 6.58. The van der Waals surface area contributed by atoms with Gasteiger partial charge in [-0.15, -0.1) is 0 Å². The van der Waals surface area contributed by atoms with Gasteiger partial charge in [-0.3, -0.25) is 19.2 Å². The lowest BCUT2D eigenvalue weighted by Gasteiger charge is -2.44. The number of carbonyl (C=O) groups is 4. The molecule has 0 spiro atoms. The molecule has 1 N–H and O–H groups in total. The number of carboxylic acid groups (broad SMARTS) is 1. The van der Waals surface area contributed by atoms with Gasteiger partial charge in [0, 0.05) is 31.2 Å². The van der Waals surface area contributed by atoms with Gasteiger partial charge in [0.2, 0.25) is 0 Å². The molecular formula is C36H39N3O7. The van der Waals surface area contributed by atoms with Gasteiger partial charge < -0.3 is 19.5 Å². The first kappa shape index (κ1) is 32.6. The molecule has 0 amide bonds. The molecule has 240 valence electrons. The molecule has 3 aromatic carbocycles. The third-order valence-corrected chi connectivity index (χ3v) is 8.96. The van der Waals surface area contributed by atoms with Crippen molar-refractivity contribution >= 4 is 34.8 Å². The predicted octanol–water partition coefficient (Wildman–Crippen LogP) is 4.91. The lowest BCUT2D eigenvalue weighted by Crippen LogP contribution is -2.47. The highest BCUT2D eigenvalue weighted by atomic mass is 16.5. The molecule has 10 heteroatoms. The Morgan fingerprint density at radius 1 is 0.848 bits per heavy atom. The average molecular weight is 626 g/mol. The van der Waals surface area contributed by atoms with Crippen molar-refractivity contribution in [3.05, 3.63) is 89.1 Å². The summed E-state index contributed by atoms with van der Waals surface area (Å²) in [7, 11) is 3.21. The van der Waals surface area contributed by atoms with Gasteiger partial charge in [-0.2, -0.15) is 9.78 Å². The minimum absolute atomic E-state index is 0.0403. The Morgan fingerprint density at radius 2 is 1.39 bits per heavy atom. The number of rotatable bonds is 11. The summed E-state index contributed by atoms with van der Waals surface area (Å²) in [6, 6.07) is 20.4. The molecule has 1 aromatic heterocycles. The van der Waals surface area contributed by atoms with Crippen LogP contribution in [0.4, 0.5) is 0 Å². The van der Waals surface area contributed by atoms with Gasteiger partial charge in [0.1, 0.15) is 23.0 Å². The monoisotopic (exact) mass is 625 g/mol. The molecule has 0 unspecified atom stereocenters. The maximum Gasteiger partial charge on any atom is 0.290 e. The maximum absolute atomic E-state index is 13.8. The number of piperidine rings is 3. The molecule has 1 atom stereocenters. The minimum atomic E-state index is -0.250. The summed E-state index contributed by atoms with van der Waals surface area (Å²) < 4.78 is 11.8. The molecule has 7 rings (SSSR count). The van der Waals surface area contributed by atoms with Crippen LogP contribution in [0, 0.1) is 11.8 Å². The summed E-state index contributed by atoms with van der Waals surface area (Å²) in [5.41, 5.74) is 3.44. The van der Waals surface area contributed by atoms with Gasteiger partial charge in [-0.05, 0) is 90.9 Å². The van der Waals surface area contributed by atoms with Gasteiger partial charge in [0.05, 0.1) is 26.2 Å². The lowest BCUT2D eigenvalue weighted by molar-refractivity contribution is -0.123. The number of fused-ring (bicyclic) bond motifs is 4. The molecule has 0 saturated carbocycles. The zero-order valence-electron chi connectivity index (χ0n) is 26.2. The van der Waals surface area contributed by atoms with Crippen LogP contribution in [0.3, 0.4) is 0 Å². The second kappa shape index (κ2) is 15.0. The van der Waals surface area contributed by atoms with Gasteiger partial charge in [-0.25, -0.2) is 0 Å². The molecule has 3 saturated heterocycles. The molecule has 2 bridgehead atoms. The molecule has 0 radical (unpaired) electrons. The molecule has 0 aliphatic carbocycles. The maximum atomic E-state index is 13.8. The quantitative estimate of drug-likeness (QED) is 0.183. The number of carbonyl (C=O) groups excluding carboxylic acids is 3. The number of nitrogens with zero attached hydrogens (tertiary/aromatic N) is 3. The standard InChI is InChI=1S/C35H37N3O5.CH2O2/c1-42-29-8-3-23(4-9-29)17-28(39)18-25-7-12-32-31(19-25)35(33(40)21-27-22-37-15-13-26(27)14-16-37)36-38(32)34(41)20-24-5-10-30(43-2)11-6-24;2-1-3/h3-12,19,26-27H,13-18,20-22H2,1-2H3;1H,(H,2,3)/t27-;/m1./s1. The van der Waals surface area contributed by atoms with Gasteiger partial charge in [-0.1, -0.05) is 30.3 Å². The number of ketones is 2. The first-order chi connectivity index (χ1) is 22.3. The summed E-state index contributed by atoms with van der Waals surface area (Å²) in [4.78, 5) is 51.1. The van der Waals surface area contributed by atoms with E-state index in [1.165, 1.54) is 4.68 Å². The van der Waals surface area contributed by atoms with Crippen LogP contribution in [0.5, 0.6) is 11.5 Å². The molecule has 46 heavy (non-hydrogen) atoms. The number of aromatic nitrogens is 2. The average Bonchev–Trinajstić information content (AvgIpc) is 3.45. The SMILES string of the molecule is COc1ccc(CC(=O)Cc2ccc3c(c2)c(C(=O)C[C@@H]2CN4CCC2CC4)nn3C(=O)Cc2ccc(OC)cc2)cc1.O=CO. The summed E-state index contributed by atoms with van der Waals surface area (Å²) in [6.45, 7) is 2.91. The second-order valence-electron chi connectivity index (χ2n) is 11.9. The van der Waals surface area contributed by atoms with E-state index in [0.29, 0.717) is 41.3 Å². The summed E-state index contributed by atoms with van der Waals surface area (Å²) in [6.07, 6.45) is 3.34. The van der Waals surface area contributed by atoms with E-state index < -0.39 is 0 Å². The fourth-order valence-corrected chi connectivity index (χ4v) is 6.58. The van der Waals surface area contributed by atoms with E-state index in [4.69, 9.17) is 19.4 Å². The van der Waals surface area contributed by atoms with Crippen molar-refractivity contribution < 1.29 is 33.8 Å². The summed E-state index contributed by atoms with van der Waals surface area (Å²) >= 11 is 0. The van der Waals surface area contributed by atoms with Crippen molar-refractivity contribution in [1.29, 1.82) is 0 Å². The number of benzene rings is 3. The van der Waals surface area contributed by atoms with Crippen LogP contribution in [-0.2, 0) is 28.9 Å². The zero-order chi connectivity index (χ0) is 32.6. The third kappa shape index (κ3) is 7.69. The Morgan fingerprint density at radius 3 is 1.93 bits per heavy atom. The third-order valence-electron chi connectivity index (χ3n) is 8.96. The van der Waals surface area contributed by atoms with Crippen molar-refractivity contribution in [2.24, 2.45) is 11.8 Å². The van der Waals surface area contributed by atoms with Gasteiger partial charge in [0.25, 0.3) is 12.4 Å². The van der Waals surface area contributed by atoms with E-state index in [1.807, 2.05) is 66.7 Å². The molecule has 3 aliphatic heterocycles.